The standard InChI is InChI=1S/C37H51N4O2S2/c1-38(21-11-22-39(2)36-19-20-37(43-6)34-16-10-9-15-33(34)36)24-27-44-45-28-26-41(4,5)25-12-23-40(3)35-18-17-30(29-42)31-13-7-8-14-32(31)35/h7-10,13-20,29H,11-12,21-28H2,1-6H3/q+1/p+1. The zero-order chi connectivity index (χ0) is 32.2. The Kier molecular flexibility index (Phi) is 13.3. The molecule has 1 unspecified atom stereocenters. The minimum absolute atomic E-state index is 0.756. The van der Waals surface area contributed by atoms with Crippen LogP contribution in [0.3, 0.4) is 0 Å². The molecule has 0 aliphatic rings. The normalized spacial score (nSPS) is 12.4. The third-order valence-corrected chi connectivity index (χ3v) is 11.2. The van der Waals surface area contributed by atoms with E-state index in [2.05, 4.69) is 99.6 Å². The molecule has 0 aromatic heterocycles. The molecule has 4 rings (SSSR count). The summed E-state index contributed by atoms with van der Waals surface area (Å²) in [4.78, 5) is 17.8. The van der Waals surface area contributed by atoms with Gasteiger partial charge in [-0.3, -0.25) is 4.79 Å². The van der Waals surface area contributed by atoms with Gasteiger partial charge in [0.2, 0.25) is 0 Å². The number of rotatable bonds is 19. The topological polar surface area (TPSA) is 37.2 Å². The molecule has 242 valence electrons. The van der Waals surface area contributed by atoms with Crippen molar-refractivity contribution in [3.05, 3.63) is 78.4 Å². The minimum atomic E-state index is 0.756. The van der Waals surface area contributed by atoms with Gasteiger partial charge in [0.1, 0.15) is 5.75 Å². The fraction of sp³-hybridized carbons (Fsp3) is 0.432. The maximum atomic E-state index is 11.5. The molecule has 4 aromatic carbocycles. The summed E-state index contributed by atoms with van der Waals surface area (Å²) in [6.45, 7) is 6.73. The van der Waals surface area contributed by atoms with E-state index in [0.717, 1.165) is 58.9 Å². The van der Waals surface area contributed by atoms with Crippen LogP contribution in [0.15, 0.2) is 72.8 Å². The molecule has 1 atom stereocenters. The van der Waals surface area contributed by atoms with E-state index >= 15 is 0 Å². The summed E-state index contributed by atoms with van der Waals surface area (Å²) in [7, 11) is 17.2. The zero-order valence-electron chi connectivity index (χ0n) is 28.1. The number of ether oxygens (including phenoxy) is 1. The number of hydrogen-bond donors (Lipinski definition) is 1. The first-order valence-corrected chi connectivity index (χ1v) is 18.6. The summed E-state index contributed by atoms with van der Waals surface area (Å²) >= 11 is 0. The van der Waals surface area contributed by atoms with Gasteiger partial charge in [0.25, 0.3) is 0 Å². The summed E-state index contributed by atoms with van der Waals surface area (Å²) in [5.41, 5.74) is 3.22. The molecule has 1 N–H and O–H groups in total. The van der Waals surface area contributed by atoms with Crippen molar-refractivity contribution in [2.75, 3.05) is 103 Å². The second-order valence-corrected chi connectivity index (χ2v) is 15.4. The predicted molar refractivity (Wildman–Crippen MR) is 199 cm³/mol. The van der Waals surface area contributed by atoms with E-state index < -0.39 is 0 Å². The number of aldehydes is 1. The molecule has 0 aliphatic carbocycles. The summed E-state index contributed by atoms with van der Waals surface area (Å²) in [6.07, 6.45) is 3.25. The van der Waals surface area contributed by atoms with Crippen LogP contribution in [0.5, 0.6) is 5.75 Å². The van der Waals surface area contributed by atoms with Crippen molar-refractivity contribution in [1.82, 2.24) is 0 Å². The Labute approximate surface area is 278 Å². The van der Waals surface area contributed by atoms with Gasteiger partial charge in [0.15, 0.2) is 6.29 Å². The molecule has 45 heavy (non-hydrogen) atoms. The third-order valence-electron chi connectivity index (χ3n) is 8.79. The molecular formula is C37H52N4O2S2+2. The molecule has 8 heteroatoms. The molecule has 0 amide bonds. The van der Waals surface area contributed by atoms with Crippen LogP contribution >= 0.6 is 21.6 Å². The average molecular weight is 649 g/mol. The predicted octanol–water partition coefficient (Wildman–Crippen LogP) is 6.14. The Hall–Kier alpha value is -2.91. The average Bonchev–Trinajstić information content (AvgIpc) is 3.05. The second-order valence-electron chi connectivity index (χ2n) is 12.7. The summed E-state index contributed by atoms with van der Waals surface area (Å²) in [6, 6.07) is 25.0. The van der Waals surface area contributed by atoms with Crippen LogP contribution in [-0.4, -0.2) is 104 Å². The van der Waals surface area contributed by atoms with Crippen LogP contribution in [0.2, 0.25) is 0 Å². The van der Waals surface area contributed by atoms with Gasteiger partial charge in [0.05, 0.1) is 65.9 Å². The fourth-order valence-corrected chi connectivity index (χ4v) is 8.38. The molecule has 0 saturated heterocycles. The Bertz CT molecular complexity index is 1530. The number of quaternary nitrogens is 2. The van der Waals surface area contributed by atoms with E-state index in [1.807, 2.05) is 39.8 Å². The maximum Gasteiger partial charge on any atom is 0.150 e. The monoisotopic (exact) mass is 648 g/mol. The van der Waals surface area contributed by atoms with Gasteiger partial charge in [-0.1, -0.05) is 70.1 Å². The van der Waals surface area contributed by atoms with Crippen molar-refractivity contribution >= 4 is 60.8 Å². The first-order valence-electron chi connectivity index (χ1n) is 16.1. The van der Waals surface area contributed by atoms with Gasteiger partial charge in [0, 0.05) is 73.1 Å². The molecular weight excluding hydrogens is 597 g/mol. The lowest BCUT2D eigenvalue weighted by atomic mass is 10.0. The van der Waals surface area contributed by atoms with Crippen LogP contribution in [0.1, 0.15) is 23.2 Å². The van der Waals surface area contributed by atoms with Crippen molar-refractivity contribution in [2.24, 2.45) is 0 Å². The number of benzene rings is 4. The van der Waals surface area contributed by atoms with Crippen molar-refractivity contribution < 1.29 is 18.9 Å². The Balaban J connectivity index is 1.09. The van der Waals surface area contributed by atoms with Crippen LogP contribution < -0.4 is 19.4 Å². The van der Waals surface area contributed by atoms with Gasteiger partial charge in [-0.2, -0.15) is 0 Å². The largest absolute Gasteiger partial charge is 0.496 e. The number of carbonyl (C=O) groups is 1. The smallest absolute Gasteiger partial charge is 0.150 e. The molecule has 0 radical (unpaired) electrons. The number of anilines is 2. The molecule has 0 saturated carbocycles. The van der Waals surface area contributed by atoms with Gasteiger partial charge in [-0.05, 0) is 29.7 Å². The summed E-state index contributed by atoms with van der Waals surface area (Å²) in [5, 5.41) is 4.60. The Morgan fingerprint density at radius 2 is 1.31 bits per heavy atom. The highest BCUT2D eigenvalue weighted by atomic mass is 33.1. The number of methoxy groups -OCH3 is 1. The summed E-state index contributed by atoms with van der Waals surface area (Å²) in [5.74, 6) is 3.29. The zero-order valence-corrected chi connectivity index (χ0v) is 29.7. The quantitative estimate of drug-likeness (QED) is 0.0570. The fourth-order valence-electron chi connectivity index (χ4n) is 5.96. The second kappa shape index (κ2) is 17.1. The van der Waals surface area contributed by atoms with Gasteiger partial charge < -0.3 is 23.9 Å². The molecule has 0 bridgehead atoms. The van der Waals surface area contributed by atoms with E-state index in [4.69, 9.17) is 4.74 Å². The molecule has 6 nitrogen and oxygen atoms in total. The summed E-state index contributed by atoms with van der Waals surface area (Å²) < 4.78 is 6.61. The van der Waals surface area contributed by atoms with Crippen molar-refractivity contribution in [2.45, 2.75) is 12.8 Å². The number of nitrogens with zero attached hydrogens (tertiary/aromatic N) is 3. The number of nitrogens with one attached hydrogen (secondary N) is 1. The van der Waals surface area contributed by atoms with Crippen LogP contribution in [0.25, 0.3) is 21.5 Å². The first-order chi connectivity index (χ1) is 21.7. The van der Waals surface area contributed by atoms with E-state index in [1.54, 1.807) is 12.0 Å². The minimum Gasteiger partial charge on any atom is -0.496 e. The van der Waals surface area contributed by atoms with Crippen molar-refractivity contribution in [1.29, 1.82) is 0 Å². The van der Waals surface area contributed by atoms with Gasteiger partial charge >= 0.3 is 0 Å². The van der Waals surface area contributed by atoms with Crippen LogP contribution in [-0.2, 0) is 0 Å². The van der Waals surface area contributed by atoms with E-state index in [1.165, 1.54) is 59.7 Å². The van der Waals surface area contributed by atoms with E-state index in [9.17, 15) is 4.79 Å². The lowest BCUT2D eigenvalue weighted by molar-refractivity contribution is -0.887. The van der Waals surface area contributed by atoms with Crippen LogP contribution in [0, 0.1) is 0 Å². The molecule has 4 aromatic rings. The Morgan fingerprint density at radius 3 is 1.98 bits per heavy atom. The highest BCUT2D eigenvalue weighted by Crippen LogP contribution is 2.33. The van der Waals surface area contributed by atoms with E-state index in [0.29, 0.717) is 0 Å². The molecule has 0 fully saturated rings. The molecule has 0 spiro atoms. The lowest BCUT2D eigenvalue weighted by Gasteiger charge is -2.31. The lowest BCUT2D eigenvalue weighted by Crippen LogP contribution is -3.09. The van der Waals surface area contributed by atoms with Crippen molar-refractivity contribution in [3.63, 3.8) is 0 Å². The maximum absolute atomic E-state index is 11.5. The number of fused-ring (bicyclic) bond motifs is 2. The van der Waals surface area contributed by atoms with Crippen molar-refractivity contribution in [3.8, 4) is 5.75 Å². The number of carbonyl (C=O) groups excluding carboxylic acids is 1. The molecule has 0 aliphatic heterocycles. The van der Waals surface area contributed by atoms with E-state index in [-0.39, 0.29) is 0 Å². The SMILES string of the molecule is COc1ccc(N(C)CCC[NH+](C)CCSSCC[N+](C)(C)CCCN(C)c2ccc(C=O)c3ccccc23)c2ccccc12. The highest BCUT2D eigenvalue weighted by molar-refractivity contribution is 8.76. The molecule has 0 heterocycles. The highest BCUT2D eigenvalue weighted by Gasteiger charge is 2.16. The Morgan fingerprint density at radius 1 is 0.733 bits per heavy atom. The van der Waals surface area contributed by atoms with Crippen LogP contribution in [0.4, 0.5) is 11.4 Å². The number of hydrogen-bond acceptors (Lipinski definition) is 6. The van der Waals surface area contributed by atoms with Gasteiger partial charge in [-0.25, -0.2) is 0 Å². The third kappa shape index (κ3) is 9.79. The first kappa shape index (κ1) is 35.0. The van der Waals surface area contributed by atoms with Gasteiger partial charge in [-0.15, -0.1) is 0 Å².